The monoisotopic (exact) mass is 283 g/mol. The molecule has 0 aliphatic heterocycles. The molecular weight excluding hydrogens is 266 g/mol. The molecule has 3 heteroatoms. The van der Waals surface area contributed by atoms with Crippen molar-refractivity contribution in [2.75, 3.05) is 0 Å². The van der Waals surface area contributed by atoms with Crippen LogP contribution in [-0.4, -0.2) is 0 Å². The van der Waals surface area contributed by atoms with E-state index in [0.29, 0.717) is 13.2 Å². The molecule has 0 bridgehead atoms. The van der Waals surface area contributed by atoms with Gasteiger partial charge in [0.25, 0.3) is 0 Å². The lowest BCUT2D eigenvalue weighted by molar-refractivity contribution is 0.308. The van der Waals surface area contributed by atoms with Crippen LogP contribution in [0.15, 0.2) is 47.8 Å². The zero-order chi connectivity index (χ0) is 13.9. The maximum absolute atomic E-state index is 5.89. The molecule has 0 amide bonds. The Bertz CT molecular complexity index is 733. The van der Waals surface area contributed by atoms with Crippen LogP contribution in [0.25, 0.3) is 10.1 Å². The van der Waals surface area contributed by atoms with E-state index in [1.165, 1.54) is 21.2 Å². The van der Waals surface area contributed by atoms with Crippen LogP contribution >= 0.6 is 11.3 Å². The first-order valence-electron chi connectivity index (χ1n) is 6.65. The van der Waals surface area contributed by atoms with Crippen molar-refractivity contribution in [2.45, 2.75) is 20.1 Å². The Morgan fingerprint density at radius 2 is 2.05 bits per heavy atom. The van der Waals surface area contributed by atoms with E-state index in [2.05, 4.69) is 42.6 Å². The Hall–Kier alpha value is -1.84. The molecule has 3 rings (SSSR count). The van der Waals surface area contributed by atoms with E-state index in [1.54, 1.807) is 11.3 Å². The number of rotatable bonds is 4. The minimum Gasteiger partial charge on any atom is -0.489 e. The highest BCUT2D eigenvalue weighted by molar-refractivity contribution is 7.17. The predicted octanol–water partition coefficient (Wildman–Crippen LogP) is 4.25. The second-order valence-electron chi connectivity index (χ2n) is 4.90. The van der Waals surface area contributed by atoms with E-state index in [-0.39, 0.29) is 0 Å². The molecule has 20 heavy (non-hydrogen) atoms. The van der Waals surface area contributed by atoms with Crippen molar-refractivity contribution in [3.63, 3.8) is 0 Å². The highest BCUT2D eigenvalue weighted by atomic mass is 32.1. The third kappa shape index (κ3) is 2.69. The highest BCUT2D eigenvalue weighted by Crippen LogP contribution is 2.28. The van der Waals surface area contributed by atoms with Gasteiger partial charge in [0.05, 0.1) is 0 Å². The van der Waals surface area contributed by atoms with Crippen molar-refractivity contribution in [1.82, 2.24) is 0 Å². The summed E-state index contributed by atoms with van der Waals surface area (Å²) < 4.78 is 7.17. The van der Waals surface area contributed by atoms with Gasteiger partial charge in [-0.1, -0.05) is 18.2 Å². The Morgan fingerprint density at radius 3 is 2.85 bits per heavy atom. The van der Waals surface area contributed by atoms with Crippen molar-refractivity contribution in [3.8, 4) is 5.75 Å². The van der Waals surface area contributed by atoms with Gasteiger partial charge in [-0.2, -0.15) is 0 Å². The molecule has 1 heterocycles. The first kappa shape index (κ1) is 13.2. The molecule has 0 aliphatic carbocycles. The van der Waals surface area contributed by atoms with Crippen LogP contribution in [0.3, 0.4) is 0 Å². The Morgan fingerprint density at radius 1 is 1.15 bits per heavy atom. The van der Waals surface area contributed by atoms with E-state index >= 15 is 0 Å². The molecule has 3 aromatic rings. The van der Waals surface area contributed by atoms with Crippen LogP contribution in [0.4, 0.5) is 0 Å². The zero-order valence-electron chi connectivity index (χ0n) is 11.4. The van der Waals surface area contributed by atoms with Gasteiger partial charge in [0.2, 0.25) is 0 Å². The van der Waals surface area contributed by atoms with Crippen LogP contribution < -0.4 is 10.5 Å². The van der Waals surface area contributed by atoms with Gasteiger partial charge in [0, 0.05) is 16.8 Å². The normalized spacial score (nSPS) is 10.9. The summed E-state index contributed by atoms with van der Waals surface area (Å²) in [4.78, 5) is 0. The summed E-state index contributed by atoms with van der Waals surface area (Å²) in [5.74, 6) is 0.916. The summed E-state index contributed by atoms with van der Waals surface area (Å²) in [5.41, 5.74) is 9.31. The van der Waals surface area contributed by atoms with Gasteiger partial charge in [-0.3, -0.25) is 0 Å². The van der Waals surface area contributed by atoms with Crippen LogP contribution in [0.1, 0.15) is 16.7 Å². The third-order valence-electron chi connectivity index (χ3n) is 3.34. The maximum Gasteiger partial charge on any atom is 0.120 e. The highest BCUT2D eigenvalue weighted by Gasteiger charge is 2.06. The number of ether oxygens (including phenoxy) is 1. The van der Waals surface area contributed by atoms with Crippen LogP contribution in [0.5, 0.6) is 5.75 Å². The van der Waals surface area contributed by atoms with Gasteiger partial charge in [0.1, 0.15) is 12.4 Å². The van der Waals surface area contributed by atoms with E-state index < -0.39 is 0 Å². The molecule has 0 atom stereocenters. The SMILES string of the molecule is Cc1cccc(OCc2csc3ccc(CN)cc23)c1. The van der Waals surface area contributed by atoms with Crippen molar-refractivity contribution < 1.29 is 4.74 Å². The molecule has 0 saturated carbocycles. The van der Waals surface area contributed by atoms with Crippen LogP contribution in [-0.2, 0) is 13.2 Å². The average molecular weight is 283 g/mol. The molecule has 0 aliphatic rings. The fourth-order valence-corrected chi connectivity index (χ4v) is 3.16. The lowest BCUT2D eigenvalue weighted by Crippen LogP contribution is -1.97. The summed E-state index contributed by atoms with van der Waals surface area (Å²) in [6.07, 6.45) is 0. The zero-order valence-corrected chi connectivity index (χ0v) is 12.2. The van der Waals surface area contributed by atoms with E-state index in [9.17, 15) is 0 Å². The minimum absolute atomic E-state index is 0.573. The van der Waals surface area contributed by atoms with E-state index in [1.807, 2.05) is 12.1 Å². The summed E-state index contributed by atoms with van der Waals surface area (Å²) in [6, 6.07) is 14.5. The standard InChI is InChI=1S/C17H17NOS/c1-12-3-2-4-15(7-12)19-10-14-11-20-17-6-5-13(9-18)8-16(14)17/h2-8,11H,9-10,18H2,1H3. The molecule has 2 nitrogen and oxygen atoms in total. The molecule has 2 aromatic carbocycles. The average Bonchev–Trinajstić information content (AvgIpc) is 2.87. The molecule has 102 valence electrons. The summed E-state index contributed by atoms with van der Waals surface area (Å²) in [6.45, 7) is 3.24. The topological polar surface area (TPSA) is 35.2 Å². The quantitative estimate of drug-likeness (QED) is 0.777. The van der Waals surface area contributed by atoms with E-state index in [4.69, 9.17) is 10.5 Å². The van der Waals surface area contributed by atoms with Crippen molar-refractivity contribution in [3.05, 3.63) is 64.5 Å². The van der Waals surface area contributed by atoms with Gasteiger partial charge < -0.3 is 10.5 Å². The first-order chi connectivity index (χ1) is 9.76. The van der Waals surface area contributed by atoms with E-state index in [0.717, 1.165) is 11.3 Å². The van der Waals surface area contributed by atoms with Gasteiger partial charge in [-0.25, -0.2) is 0 Å². The number of hydrogen-bond acceptors (Lipinski definition) is 3. The van der Waals surface area contributed by atoms with Gasteiger partial charge in [0.15, 0.2) is 0 Å². The van der Waals surface area contributed by atoms with Gasteiger partial charge >= 0.3 is 0 Å². The fraction of sp³-hybridized carbons (Fsp3) is 0.176. The largest absolute Gasteiger partial charge is 0.489 e. The molecule has 0 unspecified atom stereocenters. The first-order valence-corrected chi connectivity index (χ1v) is 7.53. The predicted molar refractivity (Wildman–Crippen MR) is 85.2 cm³/mol. The molecule has 0 spiro atoms. The number of aryl methyl sites for hydroxylation is 1. The molecule has 1 aromatic heterocycles. The van der Waals surface area contributed by atoms with Gasteiger partial charge in [-0.15, -0.1) is 11.3 Å². The number of benzene rings is 2. The van der Waals surface area contributed by atoms with Crippen LogP contribution in [0.2, 0.25) is 0 Å². The maximum atomic E-state index is 5.89. The second kappa shape index (κ2) is 5.65. The minimum atomic E-state index is 0.573. The Labute approximate surface area is 122 Å². The number of nitrogens with two attached hydrogens (primary N) is 1. The Kier molecular flexibility index (Phi) is 3.72. The smallest absolute Gasteiger partial charge is 0.120 e. The summed E-state index contributed by atoms with van der Waals surface area (Å²) in [5, 5.41) is 3.42. The third-order valence-corrected chi connectivity index (χ3v) is 4.35. The number of thiophene rings is 1. The van der Waals surface area contributed by atoms with Crippen LogP contribution in [0, 0.1) is 6.92 Å². The lowest BCUT2D eigenvalue weighted by atomic mass is 10.1. The summed E-state index contributed by atoms with van der Waals surface area (Å²) in [7, 11) is 0. The molecule has 0 radical (unpaired) electrons. The molecular formula is C17H17NOS. The molecule has 0 fully saturated rings. The van der Waals surface area contributed by atoms with Crippen molar-refractivity contribution >= 4 is 21.4 Å². The second-order valence-corrected chi connectivity index (χ2v) is 5.81. The Balaban J connectivity index is 1.83. The molecule has 0 saturated heterocycles. The molecule has 2 N–H and O–H groups in total. The van der Waals surface area contributed by atoms with Crippen molar-refractivity contribution in [2.24, 2.45) is 5.73 Å². The van der Waals surface area contributed by atoms with Gasteiger partial charge in [-0.05, 0) is 53.1 Å². The summed E-state index contributed by atoms with van der Waals surface area (Å²) >= 11 is 1.75. The lowest BCUT2D eigenvalue weighted by Gasteiger charge is -2.06. The number of fused-ring (bicyclic) bond motifs is 1. The number of hydrogen-bond donors (Lipinski definition) is 1. The van der Waals surface area contributed by atoms with Crippen molar-refractivity contribution in [1.29, 1.82) is 0 Å². The fourth-order valence-electron chi connectivity index (χ4n) is 2.23.